The van der Waals surface area contributed by atoms with Crippen LogP contribution in [-0.4, -0.2) is 16.0 Å². The molecule has 0 atom stereocenters. The maximum Gasteiger partial charge on any atom is 0.137 e. The van der Waals surface area contributed by atoms with Crippen molar-refractivity contribution in [2.45, 2.75) is 66.7 Å². The highest BCUT2D eigenvalue weighted by molar-refractivity contribution is 5.80. The molecule has 3 nitrogen and oxygen atoms in total. The minimum atomic E-state index is 0.212. The van der Waals surface area contributed by atoms with Gasteiger partial charge < -0.3 is 10.2 Å². The van der Waals surface area contributed by atoms with Gasteiger partial charge in [-0.3, -0.25) is 4.79 Å². The van der Waals surface area contributed by atoms with Gasteiger partial charge in [0.15, 0.2) is 0 Å². The fourth-order valence-electron chi connectivity index (χ4n) is 2.73. The van der Waals surface area contributed by atoms with E-state index in [-0.39, 0.29) is 11.5 Å². The quantitative estimate of drug-likeness (QED) is 0.451. The standard InChI is InChI=1S/C22H32O3/c1-15(2)11-20(23)12-17(4)8-6-7-16(3)9-10-19-14-21(24)18(5)13-22(19)25/h8-9,13-15,24-25H,6-7,10-12H2,1-5H3. The summed E-state index contributed by atoms with van der Waals surface area (Å²) in [4.78, 5) is 11.8. The third kappa shape index (κ3) is 8.06. The zero-order valence-electron chi connectivity index (χ0n) is 16.2. The van der Waals surface area contributed by atoms with Gasteiger partial charge in [0.1, 0.15) is 17.3 Å². The number of phenols is 2. The second-order valence-corrected chi connectivity index (χ2v) is 7.42. The Morgan fingerprint density at radius 3 is 2.40 bits per heavy atom. The van der Waals surface area contributed by atoms with Crippen molar-refractivity contribution in [3.05, 3.63) is 46.6 Å². The molecule has 2 N–H and O–H groups in total. The van der Waals surface area contributed by atoms with Crippen molar-refractivity contribution < 1.29 is 15.0 Å². The predicted octanol–water partition coefficient (Wildman–Crippen LogP) is 5.63. The number of carbonyl (C=O) groups excluding carboxylic acids is 1. The maximum absolute atomic E-state index is 11.8. The van der Waals surface area contributed by atoms with E-state index >= 15 is 0 Å². The van der Waals surface area contributed by atoms with Crippen LogP contribution in [0.1, 0.15) is 64.5 Å². The normalized spacial score (nSPS) is 12.7. The molecule has 0 saturated heterocycles. The first kappa shape index (κ1) is 21.0. The molecule has 0 spiro atoms. The van der Waals surface area contributed by atoms with Crippen molar-refractivity contribution in [3.63, 3.8) is 0 Å². The number of aromatic hydroxyl groups is 2. The molecular formula is C22H32O3. The summed E-state index contributed by atoms with van der Waals surface area (Å²) < 4.78 is 0. The van der Waals surface area contributed by atoms with E-state index in [0.717, 1.165) is 24.0 Å². The monoisotopic (exact) mass is 344 g/mol. The molecule has 0 fully saturated rings. The number of ketones is 1. The molecule has 0 unspecified atom stereocenters. The molecule has 3 heteroatoms. The van der Waals surface area contributed by atoms with Crippen molar-refractivity contribution in [1.82, 2.24) is 0 Å². The van der Waals surface area contributed by atoms with Crippen molar-refractivity contribution in [2.75, 3.05) is 0 Å². The van der Waals surface area contributed by atoms with Crippen molar-refractivity contribution in [3.8, 4) is 11.5 Å². The lowest BCUT2D eigenvalue weighted by Crippen LogP contribution is -2.02. The first-order valence-corrected chi connectivity index (χ1v) is 9.03. The van der Waals surface area contributed by atoms with Gasteiger partial charge in [0.25, 0.3) is 0 Å². The lowest BCUT2D eigenvalue weighted by Gasteiger charge is -2.07. The third-order valence-corrected chi connectivity index (χ3v) is 4.21. The molecule has 0 saturated carbocycles. The van der Waals surface area contributed by atoms with Crippen LogP contribution in [0, 0.1) is 12.8 Å². The van der Waals surface area contributed by atoms with Crippen molar-refractivity contribution in [1.29, 1.82) is 0 Å². The number of hydrogen-bond acceptors (Lipinski definition) is 3. The highest BCUT2D eigenvalue weighted by Gasteiger charge is 2.06. The summed E-state index contributed by atoms with van der Waals surface area (Å²) in [6.45, 7) is 9.98. The topological polar surface area (TPSA) is 57.5 Å². The third-order valence-electron chi connectivity index (χ3n) is 4.21. The van der Waals surface area contributed by atoms with Gasteiger partial charge in [-0.15, -0.1) is 0 Å². The molecule has 1 aromatic rings. The number of carbonyl (C=O) groups is 1. The van der Waals surface area contributed by atoms with Gasteiger partial charge in [0.05, 0.1) is 0 Å². The smallest absolute Gasteiger partial charge is 0.137 e. The van der Waals surface area contributed by atoms with Crippen LogP contribution in [0.5, 0.6) is 11.5 Å². The van der Waals surface area contributed by atoms with E-state index in [1.165, 1.54) is 5.57 Å². The van der Waals surface area contributed by atoms with Gasteiger partial charge in [-0.25, -0.2) is 0 Å². The number of aryl methyl sites for hydroxylation is 1. The lowest BCUT2D eigenvalue weighted by molar-refractivity contribution is -0.119. The molecule has 0 heterocycles. The first-order valence-electron chi connectivity index (χ1n) is 9.03. The molecule has 0 aliphatic rings. The minimum absolute atomic E-state index is 0.212. The van der Waals surface area contributed by atoms with Crippen LogP contribution < -0.4 is 0 Å². The molecular weight excluding hydrogens is 312 g/mol. The Morgan fingerprint density at radius 1 is 1.08 bits per heavy atom. The van der Waals surface area contributed by atoms with E-state index in [2.05, 4.69) is 32.9 Å². The lowest BCUT2D eigenvalue weighted by atomic mass is 10.0. The minimum Gasteiger partial charge on any atom is -0.508 e. The Morgan fingerprint density at radius 2 is 1.76 bits per heavy atom. The number of allylic oxidation sites excluding steroid dienone is 4. The van der Waals surface area contributed by atoms with Crippen molar-refractivity contribution >= 4 is 5.78 Å². The number of Topliss-reactive ketones (excluding diaryl/α,β-unsaturated/α-hetero) is 1. The van der Waals surface area contributed by atoms with Gasteiger partial charge >= 0.3 is 0 Å². The van der Waals surface area contributed by atoms with Crippen LogP contribution in [0.2, 0.25) is 0 Å². The fourth-order valence-corrected chi connectivity index (χ4v) is 2.73. The number of hydrogen-bond donors (Lipinski definition) is 2. The van der Waals surface area contributed by atoms with Crippen LogP contribution in [0.4, 0.5) is 0 Å². The first-order chi connectivity index (χ1) is 11.7. The molecule has 25 heavy (non-hydrogen) atoms. The summed E-state index contributed by atoms with van der Waals surface area (Å²) in [7, 11) is 0. The average molecular weight is 344 g/mol. The SMILES string of the molecule is CC(=CCc1cc(O)c(C)cc1O)CCC=C(C)CC(=O)CC(C)C. The van der Waals surface area contributed by atoms with E-state index in [1.54, 1.807) is 19.1 Å². The Hall–Kier alpha value is -2.03. The van der Waals surface area contributed by atoms with Gasteiger partial charge in [0.2, 0.25) is 0 Å². The van der Waals surface area contributed by atoms with Gasteiger partial charge in [0, 0.05) is 18.4 Å². The highest BCUT2D eigenvalue weighted by atomic mass is 16.3. The molecule has 0 radical (unpaired) electrons. The second kappa shape index (κ2) is 10.1. The molecule has 0 aromatic heterocycles. The average Bonchev–Trinajstić information content (AvgIpc) is 2.48. The molecule has 0 aliphatic heterocycles. The Bertz CT molecular complexity index is 651. The van der Waals surface area contributed by atoms with Crippen LogP contribution >= 0.6 is 0 Å². The molecule has 0 aliphatic carbocycles. The van der Waals surface area contributed by atoms with E-state index in [1.807, 2.05) is 6.92 Å². The molecule has 0 amide bonds. The number of benzene rings is 1. The van der Waals surface area contributed by atoms with Gasteiger partial charge in [-0.1, -0.05) is 37.1 Å². The predicted molar refractivity (Wildman–Crippen MR) is 104 cm³/mol. The van der Waals surface area contributed by atoms with E-state index in [4.69, 9.17) is 0 Å². The Kier molecular flexibility index (Phi) is 8.47. The Balaban J connectivity index is 2.50. The molecule has 1 aromatic carbocycles. The van der Waals surface area contributed by atoms with Gasteiger partial charge in [-0.2, -0.15) is 0 Å². The molecule has 0 bridgehead atoms. The number of rotatable bonds is 9. The highest BCUT2D eigenvalue weighted by Crippen LogP contribution is 2.27. The maximum atomic E-state index is 11.8. The van der Waals surface area contributed by atoms with E-state index < -0.39 is 0 Å². The molecule has 1 rings (SSSR count). The van der Waals surface area contributed by atoms with Crippen molar-refractivity contribution in [2.24, 2.45) is 5.92 Å². The summed E-state index contributed by atoms with van der Waals surface area (Å²) >= 11 is 0. The van der Waals surface area contributed by atoms with Crippen LogP contribution in [0.25, 0.3) is 0 Å². The van der Waals surface area contributed by atoms with Crippen LogP contribution in [-0.2, 0) is 11.2 Å². The number of phenolic OH excluding ortho intramolecular Hbond substituents is 2. The zero-order chi connectivity index (χ0) is 19.0. The van der Waals surface area contributed by atoms with Gasteiger partial charge in [-0.05, 0) is 63.6 Å². The summed E-state index contributed by atoms with van der Waals surface area (Å²) in [6.07, 6.45) is 7.86. The summed E-state index contributed by atoms with van der Waals surface area (Å²) in [5.74, 6) is 1.16. The summed E-state index contributed by atoms with van der Waals surface area (Å²) in [6, 6.07) is 3.22. The fraction of sp³-hybridized carbons (Fsp3) is 0.500. The van der Waals surface area contributed by atoms with Crippen LogP contribution in [0.15, 0.2) is 35.4 Å². The van der Waals surface area contributed by atoms with Crippen LogP contribution in [0.3, 0.4) is 0 Å². The van der Waals surface area contributed by atoms with E-state index in [0.29, 0.717) is 36.5 Å². The summed E-state index contributed by atoms with van der Waals surface area (Å²) in [5.41, 5.74) is 3.78. The molecule has 138 valence electrons. The summed E-state index contributed by atoms with van der Waals surface area (Å²) in [5, 5.41) is 19.7. The van der Waals surface area contributed by atoms with E-state index in [9.17, 15) is 15.0 Å². The largest absolute Gasteiger partial charge is 0.508 e. The Labute approximate surface area is 152 Å². The zero-order valence-corrected chi connectivity index (χ0v) is 16.2. The second-order valence-electron chi connectivity index (χ2n) is 7.42.